The van der Waals surface area contributed by atoms with Crippen LogP contribution in [0.1, 0.15) is 11.1 Å². The number of benzene rings is 2. The number of aromatic amines is 1. The van der Waals surface area contributed by atoms with E-state index >= 15 is 0 Å². The Kier molecular flexibility index (Phi) is 3.69. The maximum Gasteiger partial charge on any atom is 0.138 e. The second-order valence-electron chi connectivity index (χ2n) is 4.67. The first-order valence-corrected chi connectivity index (χ1v) is 7.37. The molecule has 21 heavy (non-hydrogen) atoms. The molecule has 2 N–H and O–H groups in total. The highest BCUT2D eigenvalue weighted by molar-refractivity contribution is 9.10. The fourth-order valence-electron chi connectivity index (χ4n) is 2.04. The van der Waals surface area contributed by atoms with E-state index in [9.17, 15) is 5.11 Å². The number of aryl methyl sites for hydroxylation is 1. The summed E-state index contributed by atoms with van der Waals surface area (Å²) >= 11 is 9.51. The molecule has 4 nitrogen and oxygen atoms in total. The monoisotopic (exact) mass is 363 g/mol. The number of hydrogen-bond acceptors (Lipinski definition) is 3. The van der Waals surface area contributed by atoms with E-state index in [1.165, 1.54) is 0 Å². The number of fused-ring (bicyclic) bond motifs is 1. The standard InChI is InChI=1S/C15H11BrClN3O/c1-8-2-9(15(21)10(16)3-8)6-18-12-5-14-13(4-11(12)17)19-7-20-14/h2-7,21H,1H3,(H,19,20)/b18-6+. The lowest BCUT2D eigenvalue weighted by molar-refractivity contribution is 0.471. The van der Waals surface area contributed by atoms with Crippen molar-refractivity contribution < 1.29 is 5.11 Å². The Morgan fingerprint density at radius 1 is 1.33 bits per heavy atom. The summed E-state index contributed by atoms with van der Waals surface area (Å²) in [5, 5.41) is 10.5. The Morgan fingerprint density at radius 3 is 2.95 bits per heavy atom. The summed E-state index contributed by atoms with van der Waals surface area (Å²) in [6.45, 7) is 1.95. The van der Waals surface area contributed by atoms with Crippen molar-refractivity contribution in [3.05, 3.63) is 51.2 Å². The van der Waals surface area contributed by atoms with Gasteiger partial charge in [0.05, 0.1) is 32.5 Å². The van der Waals surface area contributed by atoms with Crippen molar-refractivity contribution in [3.8, 4) is 5.75 Å². The van der Waals surface area contributed by atoms with E-state index in [-0.39, 0.29) is 5.75 Å². The van der Waals surface area contributed by atoms with Crippen LogP contribution in [0, 0.1) is 6.92 Å². The quantitative estimate of drug-likeness (QED) is 0.645. The fraction of sp³-hybridized carbons (Fsp3) is 0.0667. The lowest BCUT2D eigenvalue weighted by atomic mass is 10.1. The number of nitrogens with one attached hydrogen (secondary N) is 1. The molecular weight excluding hydrogens is 354 g/mol. The van der Waals surface area contributed by atoms with Gasteiger partial charge in [-0.1, -0.05) is 11.6 Å². The van der Waals surface area contributed by atoms with Crippen LogP contribution in [-0.4, -0.2) is 21.3 Å². The first-order valence-electron chi connectivity index (χ1n) is 6.20. The predicted octanol–water partition coefficient (Wildman–Crippen LogP) is 4.74. The van der Waals surface area contributed by atoms with Crippen LogP contribution >= 0.6 is 27.5 Å². The zero-order valence-electron chi connectivity index (χ0n) is 11.1. The lowest BCUT2D eigenvalue weighted by Gasteiger charge is -2.04. The zero-order valence-corrected chi connectivity index (χ0v) is 13.4. The molecule has 3 rings (SSSR count). The first kappa shape index (κ1) is 14.1. The number of imidazole rings is 1. The van der Waals surface area contributed by atoms with Gasteiger partial charge in [-0.15, -0.1) is 0 Å². The van der Waals surface area contributed by atoms with Crippen LogP contribution in [0.15, 0.2) is 40.1 Å². The highest BCUT2D eigenvalue weighted by Gasteiger charge is 2.06. The molecule has 2 aromatic carbocycles. The minimum atomic E-state index is 0.154. The average molecular weight is 365 g/mol. The van der Waals surface area contributed by atoms with Crippen molar-refractivity contribution in [1.29, 1.82) is 0 Å². The molecule has 0 aliphatic heterocycles. The molecule has 0 amide bonds. The van der Waals surface area contributed by atoms with Gasteiger partial charge in [-0.2, -0.15) is 0 Å². The van der Waals surface area contributed by atoms with Crippen LogP contribution in [0.3, 0.4) is 0 Å². The molecule has 0 spiro atoms. The number of hydrogen-bond donors (Lipinski definition) is 2. The van der Waals surface area contributed by atoms with Gasteiger partial charge in [-0.05, 0) is 52.7 Å². The normalized spacial score (nSPS) is 11.6. The fourth-order valence-corrected chi connectivity index (χ4v) is 2.84. The third kappa shape index (κ3) is 2.80. The van der Waals surface area contributed by atoms with E-state index in [4.69, 9.17) is 11.6 Å². The largest absolute Gasteiger partial charge is 0.506 e. The van der Waals surface area contributed by atoms with Crippen LogP contribution in [0.2, 0.25) is 5.02 Å². The number of aromatic hydroxyl groups is 1. The van der Waals surface area contributed by atoms with Gasteiger partial charge in [-0.3, -0.25) is 4.99 Å². The smallest absolute Gasteiger partial charge is 0.138 e. The minimum absolute atomic E-state index is 0.154. The van der Waals surface area contributed by atoms with Crippen LogP contribution in [0.5, 0.6) is 5.75 Å². The Labute approximate surface area is 134 Å². The van der Waals surface area contributed by atoms with Crippen molar-refractivity contribution in [2.45, 2.75) is 6.92 Å². The first-order chi connectivity index (χ1) is 10.0. The number of halogens is 2. The van der Waals surface area contributed by atoms with Crippen LogP contribution in [0.4, 0.5) is 5.69 Å². The third-order valence-electron chi connectivity index (χ3n) is 3.07. The highest BCUT2D eigenvalue weighted by Crippen LogP contribution is 2.31. The number of rotatable bonds is 2. The number of H-pyrrole nitrogens is 1. The second kappa shape index (κ2) is 5.50. The lowest BCUT2D eigenvalue weighted by Crippen LogP contribution is -1.86. The van der Waals surface area contributed by atoms with Crippen LogP contribution in [0.25, 0.3) is 11.0 Å². The van der Waals surface area contributed by atoms with Crippen molar-refractivity contribution in [3.63, 3.8) is 0 Å². The summed E-state index contributed by atoms with van der Waals surface area (Å²) < 4.78 is 0.637. The summed E-state index contributed by atoms with van der Waals surface area (Å²) in [7, 11) is 0. The SMILES string of the molecule is Cc1cc(Br)c(O)c(/C=N/c2cc3nc[nH]c3cc2Cl)c1. The van der Waals surface area contributed by atoms with Crippen molar-refractivity contribution in [2.24, 2.45) is 4.99 Å². The van der Waals surface area contributed by atoms with Gasteiger partial charge in [0.25, 0.3) is 0 Å². The molecule has 0 aliphatic carbocycles. The van der Waals surface area contributed by atoms with Crippen molar-refractivity contribution in [2.75, 3.05) is 0 Å². The molecule has 1 aromatic heterocycles. The molecule has 0 radical (unpaired) electrons. The third-order valence-corrected chi connectivity index (χ3v) is 3.98. The molecule has 0 saturated heterocycles. The van der Waals surface area contributed by atoms with Crippen molar-refractivity contribution in [1.82, 2.24) is 9.97 Å². The van der Waals surface area contributed by atoms with Gasteiger partial charge in [0, 0.05) is 11.8 Å². The Hall–Kier alpha value is -1.85. The molecule has 0 atom stereocenters. The second-order valence-corrected chi connectivity index (χ2v) is 5.93. The summed E-state index contributed by atoms with van der Waals surface area (Å²) in [6.07, 6.45) is 3.20. The molecule has 106 valence electrons. The molecule has 0 saturated carbocycles. The van der Waals surface area contributed by atoms with Gasteiger partial charge >= 0.3 is 0 Å². The summed E-state index contributed by atoms with van der Waals surface area (Å²) in [5.74, 6) is 0.154. The number of phenolic OH excluding ortho intramolecular Hbond substituents is 1. The molecule has 0 aliphatic rings. The molecule has 1 heterocycles. The summed E-state index contributed by atoms with van der Waals surface area (Å²) in [4.78, 5) is 11.5. The zero-order chi connectivity index (χ0) is 15.0. The topological polar surface area (TPSA) is 61.3 Å². The summed E-state index contributed by atoms with van der Waals surface area (Å²) in [6, 6.07) is 7.27. The Balaban J connectivity index is 2.03. The molecule has 0 unspecified atom stereocenters. The Bertz CT molecular complexity index is 857. The number of nitrogens with zero attached hydrogens (tertiary/aromatic N) is 2. The molecule has 3 aromatic rings. The highest BCUT2D eigenvalue weighted by atomic mass is 79.9. The van der Waals surface area contributed by atoms with Gasteiger partial charge in [0.15, 0.2) is 0 Å². The summed E-state index contributed by atoms with van der Waals surface area (Å²) in [5.41, 5.74) is 3.91. The van der Waals surface area contributed by atoms with E-state index in [1.54, 1.807) is 24.7 Å². The van der Waals surface area contributed by atoms with E-state index in [2.05, 4.69) is 30.9 Å². The molecule has 0 fully saturated rings. The number of aromatic nitrogens is 2. The van der Waals surface area contributed by atoms with E-state index in [0.29, 0.717) is 20.7 Å². The Morgan fingerprint density at radius 2 is 2.14 bits per heavy atom. The van der Waals surface area contributed by atoms with E-state index in [1.807, 2.05) is 19.1 Å². The average Bonchev–Trinajstić information content (AvgIpc) is 2.88. The van der Waals surface area contributed by atoms with Crippen LogP contribution < -0.4 is 0 Å². The predicted molar refractivity (Wildman–Crippen MR) is 88.9 cm³/mol. The van der Waals surface area contributed by atoms with E-state index < -0.39 is 0 Å². The van der Waals surface area contributed by atoms with Gasteiger partial charge < -0.3 is 10.1 Å². The number of phenols is 1. The number of aliphatic imine (C=N–C) groups is 1. The van der Waals surface area contributed by atoms with Crippen molar-refractivity contribution >= 4 is 50.5 Å². The van der Waals surface area contributed by atoms with Gasteiger partial charge in [-0.25, -0.2) is 4.98 Å². The van der Waals surface area contributed by atoms with Gasteiger partial charge in [0.2, 0.25) is 0 Å². The van der Waals surface area contributed by atoms with Gasteiger partial charge in [0.1, 0.15) is 5.75 Å². The molecule has 0 bridgehead atoms. The molecule has 6 heteroatoms. The maximum absolute atomic E-state index is 10.0. The maximum atomic E-state index is 10.0. The molecular formula is C15H11BrClN3O. The van der Waals surface area contributed by atoms with Crippen LogP contribution in [-0.2, 0) is 0 Å². The minimum Gasteiger partial charge on any atom is -0.506 e. The van der Waals surface area contributed by atoms with E-state index in [0.717, 1.165) is 16.6 Å².